The Morgan fingerprint density at radius 3 is 2.43 bits per heavy atom. The van der Waals surface area contributed by atoms with Gasteiger partial charge in [0, 0.05) is 18.9 Å². The highest BCUT2D eigenvalue weighted by molar-refractivity contribution is 7.85. The van der Waals surface area contributed by atoms with E-state index in [1.165, 1.54) is 39.2 Å². The van der Waals surface area contributed by atoms with Gasteiger partial charge >= 0.3 is 5.97 Å². The van der Waals surface area contributed by atoms with Gasteiger partial charge in [-0.3, -0.25) is 18.6 Å². The molecule has 1 aromatic carbocycles. The lowest BCUT2D eigenvalue weighted by molar-refractivity contribution is -0.140. The molecule has 2 amide bonds. The summed E-state index contributed by atoms with van der Waals surface area (Å²) in [4.78, 5) is 38.5. The fraction of sp³-hybridized carbons (Fsp3) is 0.727. The molecular weight excluding hydrogens is 584 g/mol. The fourth-order valence-electron chi connectivity index (χ4n) is 7.19. The summed E-state index contributed by atoms with van der Waals surface area (Å²) in [5, 5.41) is 5.70. The first-order valence-corrected chi connectivity index (χ1v) is 18.2. The monoisotopic (exact) mass is 634 g/mol. The lowest BCUT2D eigenvalue weighted by Crippen LogP contribution is -2.53. The van der Waals surface area contributed by atoms with Crippen molar-refractivity contribution < 1.29 is 36.5 Å². The topological polar surface area (TPSA) is 137 Å². The summed E-state index contributed by atoms with van der Waals surface area (Å²) in [6.07, 6.45) is 14.1. The molecule has 4 rings (SSSR count). The van der Waals surface area contributed by atoms with E-state index < -0.39 is 34.6 Å². The molecule has 44 heavy (non-hydrogen) atoms. The second kappa shape index (κ2) is 16.7. The minimum absolute atomic E-state index is 0.0671. The number of methoxy groups -OCH3 is 1. The first kappa shape index (κ1) is 34.4. The van der Waals surface area contributed by atoms with Gasteiger partial charge in [-0.1, -0.05) is 69.2 Å². The average molecular weight is 635 g/mol. The molecule has 0 radical (unpaired) electrons. The molecular formula is C33H50N2O8S. The number of hydrogen-bond acceptors (Lipinski definition) is 8. The predicted molar refractivity (Wildman–Crippen MR) is 166 cm³/mol. The van der Waals surface area contributed by atoms with E-state index in [-0.39, 0.29) is 30.0 Å². The lowest BCUT2D eigenvalue weighted by atomic mass is 9.75. The van der Waals surface area contributed by atoms with E-state index in [0.29, 0.717) is 25.8 Å². The maximum Gasteiger partial charge on any atom is 0.305 e. The smallest absolute Gasteiger partial charge is 0.305 e. The minimum atomic E-state index is -3.81. The van der Waals surface area contributed by atoms with Gasteiger partial charge in [0.15, 0.2) is 0 Å². The van der Waals surface area contributed by atoms with E-state index in [2.05, 4.69) is 16.7 Å². The van der Waals surface area contributed by atoms with Gasteiger partial charge in [0.1, 0.15) is 6.04 Å². The number of carbonyl (C=O) groups is 3. The summed E-state index contributed by atoms with van der Waals surface area (Å²) >= 11 is 0. The normalized spacial score (nSPS) is 24.1. The molecule has 5 atom stereocenters. The number of aryl methyl sites for hydroxylation is 1. The Balaban J connectivity index is 1.36. The number of amides is 2. The predicted octanol–water partition coefficient (Wildman–Crippen LogP) is 3.85. The van der Waals surface area contributed by atoms with Crippen molar-refractivity contribution in [3.63, 3.8) is 0 Å². The summed E-state index contributed by atoms with van der Waals surface area (Å²) < 4.78 is 39.5. The lowest BCUT2D eigenvalue weighted by Gasteiger charge is -2.29. The number of hydrogen-bond donors (Lipinski definition) is 2. The van der Waals surface area contributed by atoms with Crippen molar-refractivity contribution in [1.82, 2.24) is 10.6 Å². The number of fused-ring (bicyclic) bond motifs is 2. The van der Waals surface area contributed by atoms with Gasteiger partial charge in [-0.05, 0) is 55.6 Å². The van der Waals surface area contributed by atoms with Crippen LogP contribution in [0, 0.1) is 17.8 Å². The SMILES string of the molecule is COC(=O)CCCc1ccccc1C[C@@H]1[C@H](C(=O)N[C@@H](COS(C)(=O)=O)C(=O)NCCCCC2CCCCC2)[C@H]2CC[C@@H]1O2. The molecule has 2 heterocycles. The second-order valence-corrected chi connectivity index (χ2v) is 14.4. The largest absolute Gasteiger partial charge is 0.469 e. The molecule has 1 aromatic rings. The van der Waals surface area contributed by atoms with E-state index in [1.54, 1.807) is 0 Å². The summed E-state index contributed by atoms with van der Waals surface area (Å²) in [5.41, 5.74) is 2.24. The third-order valence-corrected chi connectivity index (χ3v) is 10.1. The van der Waals surface area contributed by atoms with Crippen molar-refractivity contribution in [2.45, 2.75) is 108 Å². The standard InChI is InChI=1S/C33H50N2O8S/c1-41-30(36)17-10-16-24-14-6-7-15-25(24)21-26-28-18-19-29(43-28)31(26)33(38)35-27(22-42-44(2,39)40)32(37)34-20-9-8-13-23-11-4-3-5-12-23/h6-7,14-15,23,26-29,31H,3-5,8-13,16-22H2,1-2H3,(H,34,37)(H,35,38)/t26-,27-,28-,29+,31-/m0/s1. The van der Waals surface area contributed by atoms with Gasteiger partial charge in [-0.25, -0.2) is 0 Å². The number of carbonyl (C=O) groups excluding carboxylic acids is 3. The molecule has 1 saturated carbocycles. The van der Waals surface area contributed by atoms with E-state index in [9.17, 15) is 22.8 Å². The Morgan fingerprint density at radius 2 is 1.70 bits per heavy atom. The van der Waals surface area contributed by atoms with Gasteiger partial charge < -0.3 is 20.1 Å². The van der Waals surface area contributed by atoms with Crippen LogP contribution in [-0.2, 0) is 51.0 Å². The van der Waals surface area contributed by atoms with Crippen LogP contribution >= 0.6 is 0 Å². The zero-order valence-corrected chi connectivity index (χ0v) is 27.1. The maximum atomic E-state index is 13.8. The highest BCUT2D eigenvalue weighted by Gasteiger charge is 2.52. The Hall–Kier alpha value is -2.50. The molecule has 0 spiro atoms. The van der Waals surface area contributed by atoms with E-state index in [1.807, 2.05) is 18.2 Å². The van der Waals surface area contributed by atoms with Crippen LogP contribution in [0.3, 0.4) is 0 Å². The van der Waals surface area contributed by atoms with Crippen molar-refractivity contribution in [3.05, 3.63) is 35.4 Å². The fourth-order valence-corrected chi connectivity index (χ4v) is 7.57. The summed E-state index contributed by atoms with van der Waals surface area (Å²) in [6.45, 7) is -0.00271. The third kappa shape index (κ3) is 10.3. The van der Waals surface area contributed by atoms with E-state index in [4.69, 9.17) is 13.7 Å². The number of nitrogens with one attached hydrogen (secondary N) is 2. The molecule has 2 bridgehead atoms. The first-order valence-electron chi connectivity index (χ1n) is 16.4. The number of esters is 1. The number of benzene rings is 1. The number of rotatable bonds is 17. The van der Waals surface area contributed by atoms with Crippen LogP contribution in [0.5, 0.6) is 0 Å². The van der Waals surface area contributed by atoms with Gasteiger partial charge in [-0.2, -0.15) is 8.42 Å². The van der Waals surface area contributed by atoms with Crippen LogP contribution in [0.15, 0.2) is 24.3 Å². The van der Waals surface area contributed by atoms with Crippen LogP contribution in [-0.4, -0.2) is 71.0 Å². The maximum absolute atomic E-state index is 13.8. The number of unbranched alkanes of at least 4 members (excludes halogenated alkanes) is 1. The Labute approximate surface area is 262 Å². The van der Waals surface area contributed by atoms with Crippen molar-refractivity contribution in [1.29, 1.82) is 0 Å². The van der Waals surface area contributed by atoms with Crippen LogP contribution in [0.2, 0.25) is 0 Å². The third-order valence-electron chi connectivity index (χ3n) is 9.50. The Bertz CT molecular complexity index is 1220. The summed E-state index contributed by atoms with van der Waals surface area (Å²) in [5.74, 6) is -0.788. The van der Waals surface area contributed by atoms with Crippen molar-refractivity contribution in [2.24, 2.45) is 17.8 Å². The minimum Gasteiger partial charge on any atom is -0.469 e. The second-order valence-electron chi connectivity index (χ2n) is 12.7. The van der Waals surface area contributed by atoms with Crippen LogP contribution < -0.4 is 10.6 Å². The molecule has 3 aliphatic rings. The van der Waals surface area contributed by atoms with Gasteiger partial charge in [0.05, 0.1) is 38.1 Å². The Kier molecular flexibility index (Phi) is 13.1. The molecule has 2 N–H and O–H groups in total. The molecule has 10 nitrogen and oxygen atoms in total. The van der Waals surface area contributed by atoms with E-state index in [0.717, 1.165) is 61.8 Å². The molecule has 1 aliphatic carbocycles. The molecule has 2 aliphatic heterocycles. The molecule has 0 unspecified atom stereocenters. The van der Waals surface area contributed by atoms with Crippen molar-refractivity contribution in [2.75, 3.05) is 26.5 Å². The average Bonchev–Trinajstić information content (AvgIpc) is 3.62. The zero-order valence-electron chi connectivity index (χ0n) is 26.3. The molecule has 11 heteroatoms. The first-order chi connectivity index (χ1) is 21.1. The van der Waals surface area contributed by atoms with Crippen LogP contribution in [0.4, 0.5) is 0 Å². The Morgan fingerprint density at radius 1 is 0.977 bits per heavy atom. The van der Waals surface area contributed by atoms with Crippen molar-refractivity contribution >= 4 is 27.9 Å². The molecule has 3 fully saturated rings. The van der Waals surface area contributed by atoms with Crippen LogP contribution in [0.25, 0.3) is 0 Å². The summed E-state index contributed by atoms with van der Waals surface area (Å²) in [7, 11) is -2.43. The quantitative estimate of drug-likeness (QED) is 0.150. The highest BCUT2D eigenvalue weighted by atomic mass is 32.2. The van der Waals surface area contributed by atoms with E-state index >= 15 is 0 Å². The van der Waals surface area contributed by atoms with Gasteiger partial charge in [0.25, 0.3) is 10.1 Å². The highest BCUT2D eigenvalue weighted by Crippen LogP contribution is 2.45. The summed E-state index contributed by atoms with van der Waals surface area (Å²) in [6, 6.07) is 6.91. The van der Waals surface area contributed by atoms with Gasteiger partial charge in [0.2, 0.25) is 11.8 Å². The molecule has 2 saturated heterocycles. The molecule has 246 valence electrons. The molecule has 0 aromatic heterocycles. The zero-order chi connectivity index (χ0) is 31.5. The van der Waals surface area contributed by atoms with Crippen molar-refractivity contribution in [3.8, 4) is 0 Å². The van der Waals surface area contributed by atoms with Gasteiger partial charge in [-0.15, -0.1) is 0 Å². The van der Waals surface area contributed by atoms with Crippen LogP contribution in [0.1, 0.15) is 88.2 Å². The number of ether oxygens (including phenoxy) is 2.